The molecule has 2 rings (SSSR count). The Morgan fingerprint density at radius 3 is 2.42 bits per heavy atom. The van der Waals surface area contributed by atoms with Crippen LogP contribution in [0.4, 0.5) is 11.4 Å². The first-order valence-corrected chi connectivity index (χ1v) is 6.42. The number of rotatable bonds is 5. The summed E-state index contributed by atoms with van der Waals surface area (Å²) in [6, 6.07) is 11.7. The van der Waals surface area contributed by atoms with Gasteiger partial charge in [-0.2, -0.15) is 0 Å². The molecule has 4 heteroatoms. The van der Waals surface area contributed by atoms with E-state index in [0.717, 1.165) is 23.6 Å². The standard InChI is InChI=1S/C15H19N3O/c1-11(2)15(19)18-13-7-5-12(6-8-13)17-10-14-4-3-9-16-14/h3-9,11,16-17H,10H2,1-2H3,(H,18,19). The van der Waals surface area contributed by atoms with Gasteiger partial charge in [-0.15, -0.1) is 0 Å². The van der Waals surface area contributed by atoms with Gasteiger partial charge in [0.2, 0.25) is 5.91 Å². The van der Waals surface area contributed by atoms with Crippen LogP contribution < -0.4 is 10.6 Å². The zero-order valence-corrected chi connectivity index (χ0v) is 11.2. The maximum atomic E-state index is 11.5. The number of benzene rings is 1. The van der Waals surface area contributed by atoms with Gasteiger partial charge in [-0.25, -0.2) is 0 Å². The molecular weight excluding hydrogens is 238 g/mol. The number of carbonyl (C=O) groups is 1. The Hall–Kier alpha value is -2.23. The lowest BCUT2D eigenvalue weighted by molar-refractivity contribution is -0.118. The van der Waals surface area contributed by atoms with Crippen molar-refractivity contribution in [3.05, 3.63) is 48.3 Å². The van der Waals surface area contributed by atoms with Crippen molar-refractivity contribution >= 4 is 17.3 Å². The van der Waals surface area contributed by atoms with Gasteiger partial charge in [-0.1, -0.05) is 13.8 Å². The largest absolute Gasteiger partial charge is 0.379 e. The average Bonchev–Trinajstić information content (AvgIpc) is 2.91. The first-order chi connectivity index (χ1) is 9.15. The summed E-state index contributed by atoms with van der Waals surface area (Å²) >= 11 is 0. The summed E-state index contributed by atoms with van der Waals surface area (Å²) in [5.41, 5.74) is 2.98. The predicted molar refractivity (Wildman–Crippen MR) is 78.0 cm³/mol. The van der Waals surface area contributed by atoms with Crippen LogP contribution in [0, 0.1) is 5.92 Å². The van der Waals surface area contributed by atoms with Crippen LogP contribution in [0.25, 0.3) is 0 Å². The molecule has 0 aliphatic rings. The molecule has 0 atom stereocenters. The third kappa shape index (κ3) is 3.88. The van der Waals surface area contributed by atoms with Crippen LogP contribution in [0.1, 0.15) is 19.5 Å². The van der Waals surface area contributed by atoms with Crippen LogP contribution in [0.2, 0.25) is 0 Å². The number of anilines is 2. The van der Waals surface area contributed by atoms with Gasteiger partial charge in [0.05, 0.1) is 6.54 Å². The Balaban J connectivity index is 1.89. The molecular formula is C15H19N3O. The van der Waals surface area contributed by atoms with Crippen LogP contribution in [0.3, 0.4) is 0 Å². The van der Waals surface area contributed by atoms with Crippen molar-refractivity contribution < 1.29 is 4.79 Å². The molecule has 1 amide bonds. The van der Waals surface area contributed by atoms with Crippen LogP contribution in [0.5, 0.6) is 0 Å². The van der Waals surface area contributed by atoms with Crippen molar-refractivity contribution in [2.24, 2.45) is 5.92 Å². The molecule has 0 bridgehead atoms. The van der Waals surface area contributed by atoms with Crippen LogP contribution in [-0.2, 0) is 11.3 Å². The summed E-state index contributed by atoms with van der Waals surface area (Å²) in [7, 11) is 0. The minimum absolute atomic E-state index is 0.00863. The smallest absolute Gasteiger partial charge is 0.226 e. The fourth-order valence-electron chi connectivity index (χ4n) is 1.63. The zero-order valence-electron chi connectivity index (χ0n) is 11.2. The van der Waals surface area contributed by atoms with Crippen molar-refractivity contribution in [3.8, 4) is 0 Å². The monoisotopic (exact) mass is 257 g/mol. The number of nitrogens with one attached hydrogen (secondary N) is 3. The molecule has 0 saturated carbocycles. The summed E-state index contributed by atoms with van der Waals surface area (Å²) in [6.45, 7) is 4.51. The van der Waals surface area contributed by atoms with Gasteiger partial charge in [0, 0.05) is 29.2 Å². The van der Waals surface area contributed by atoms with E-state index in [4.69, 9.17) is 0 Å². The SMILES string of the molecule is CC(C)C(=O)Nc1ccc(NCc2ccc[nH]2)cc1. The molecule has 3 N–H and O–H groups in total. The van der Waals surface area contributed by atoms with E-state index in [0.29, 0.717) is 0 Å². The Kier molecular flexibility index (Phi) is 4.23. The van der Waals surface area contributed by atoms with Crippen molar-refractivity contribution in [1.82, 2.24) is 4.98 Å². The average molecular weight is 257 g/mol. The van der Waals surface area contributed by atoms with E-state index in [2.05, 4.69) is 15.6 Å². The fraction of sp³-hybridized carbons (Fsp3) is 0.267. The first kappa shape index (κ1) is 13.2. The molecule has 4 nitrogen and oxygen atoms in total. The Morgan fingerprint density at radius 2 is 1.84 bits per heavy atom. The van der Waals surface area contributed by atoms with E-state index in [1.165, 1.54) is 0 Å². The van der Waals surface area contributed by atoms with Gasteiger partial charge in [0.15, 0.2) is 0 Å². The summed E-state index contributed by atoms with van der Waals surface area (Å²) in [6.07, 6.45) is 1.90. The van der Waals surface area contributed by atoms with E-state index in [1.807, 2.05) is 56.4 Å². The van der Waals surface area contributed by atoms with Gasteiger partial charge < -0.3 is 15.6 Å². The van der Waals surface area contributed by atoms with Crippen molar-refractivity contribution in [1.29, 1.82) is 0 Å². The lowest BCUT2D eigenvalue weighted by Gasteiger charge is -2.09. The number of amides is 1. The molecule has 0 spiro atoms. The number of aromatic amines is 1. The molecule has 0 radical (unpaired) electrons. The number of H-pyrrole nitrogens is 1. The van der Waals surface area contributed by atoms with Crippen LogP contribution in [0.15, 0.2) is 42.6 Å². The number of carbonyl (C=O) groups excluding carboxylic acids is 1. The van der Waals surface area contributed by atoms with E-state index < -0.39 is 0 Å². The molecule has 2 aromatic rings. The number of aromatic nitrogens is 1. The topological polar surface area (TPSA) is 56.9 Å². The highest BCUT2D eigenvalue weighted by molar-refractivity contribution is 5.92. The molecule has 1 aromatic carbocycles. The Bertz CT molecular complexity index is 515. The lowest BCUT2D eigenvalue weighted by atomic mass is 10.2. The fourth-order valence-corrected chi connectivity index (χ4v) is 1.63. The molecule has 0 aliphatic heterocycles. The normalized spacial score (nSPS) is 10.5. The highest BCUT2D eigenvalue weighted by Crippen LogP contribution is 2.15. The van der Waals surface area contributed by atoms with Crippen LogP contribution >= 0.6 is 0 Å². The molecule has 0 saturated heterocycles. The van der Waals surface area contributed by atoms with Gasteiger partial charge in [-0.05, 0) is 36.4 Å². The van der Waals surface area contributed by atoms with E-state index in [1.54, 1.807) is 0 Å². The van der Waals surface area contributed by atoms with E-state index in [9.17, 15) is 4.79 Å². The van der Waals surface area contributed by atoms with Crippen molar-refractivity contribution in [2.45, 2.75) is 20.4 Å². The van der Waals surface area contributed by atoms with Crippen molar-refractivity contribution in [3.63, 3.8) is 0 Å². The van der Waals surface area contributed by atoms with Gasteiger partial charge in [0.1, 0.15) is 0 Å². The molecule has 1 aromatic heterocycles. The molecule has 19 heavy (non-hydrogen) atoms. The Labute approximate surface area is 113 Å². The second-order valence-electron chi connectivity index (χ2n) is 4.77. The molecule has 0 unspecified atom stereocenters. The summed E-state index contributed by atoms with van der Waals surface area (Å²) in [5, 5.41) is 6.17. The number of hydrogen-bond donors (Lipinski definition) is 3. The van der Waals surface area contributed by atoms with E-state index in [-0.39, 0.29) is 11.8 Å². The third-order valence-corrected chi connectivity index (χ3v) is 2.82. The second-order valence-corrected chi connectivity index (χ2v) is 4.77. The molecule has 100 valence electrons. The second kappa shape index (κ2) is 6.09. The Morgan fingerprint density at radius 1 is 1.16 bits per heavy atom. The summed E-state index contributed by atoms with van der Waals surface area (Å²) in [5.74, 6) is 0.0257. The minimum atomic E-state index is -0.00863. The van der Waals surface area contributed by atoms with Gasteiger partial charge >= 0.3 is 0 Å². The van der Waals surface area contributed by atoms with Gasteiger partial charge in [-0.3, -0.25) is 4.79 Å². The predicted octanol–water partition coefficient (Wildman–Crippen LogP) is 3.22. The van der Waals surface area contributed by atoms with Crippen molar-refractivity contribution in [2.75, 3.05) is 10.6 Å². The van der Waals surface area contributed by atoms with E-state index >= 15 is 0 Å². The first-order valence-electron chi connectivity index (χ1n) is 6.42. The molecule has 0 aliphatic carbocycles. The minimum Gasteiger partial charge on any atom is -0.379 e. The molecule has 1 heterocycles. The quantitative estimate of drug-likeness (QED) is 0.770. The maximum absolute atomic E-state index is 11.5. The highest BCUT2D eigenvalue weighted by atomic mass is 16.1. The number of hydrogen-bond acceptors (Lipinski definition) is 2. The van der Waals surface area contributed by atoms with Gasteiger partial charge in [0.25, 0.3) is 0 Å². The zero-order chi connectivity index (χ0) is 13.7. The summed E-state index contributed by atoms with van der Waals surface area (Å²) in [4.78, 5) is 14.7. The lowest BCUT2D eigenvalue weighted by Crippen LogP contribution is -2.17. The summed E-state index contributed by atoms with van der Waals surface area (Å²) < 4.78 is 0. The van der Waals surface area contributed by atoms with Crippen LogP contribution in [-0.4, -0.2) is 10.9 Å². The maximum Gasteiger partial charge on any atom is 0.226 e. The molecule has 0 fully saturated rings. The highest BCUT2D eigenvalue weighted by Gasteiger charge is 2.06. The third-order valence-electron chi connectivity index (χ3n) is 2.82.